The van der Waals surface area contributed by atoms with Crippen molar-refractivity contribution in [3.8, 4) is 0 Å². The molecule has 0 fully saturated rings. The predicted octanol–water partition coefficient (Wildman–Crippen LogP) is 3.15. The molecule has 2 aromatic carbocycles. The quantitative estimate of drug-likeness (QED) is 0.723. The van der Waals surface area contributed by atoms with Gasteiger partial charge in [-0.3, -0.25) is 9.78 Å². The minimum atomic E-state index is -0.495. The van der Waals surface area contributed by atoms with Gasteiger partial charge in [0.1, 0.15) is 0 Å². The summed E-state index contributed by atoms with van der Waals surface area (Å²) in [7, 11) is 0. The molecule has 6 heteroatoms. The van der Waals surface area contributed by atoms with E-state index in [4.69, 9.17) is 4.42 Å². The summed E-state index contributed by atoms with van der Waals surface area (Å²) in [6, 6.07) is 13.0. The van der Waals surface area contributed by atoms with Gasteiger partial charge < -0.3 is 14.6 Å². The van der Waals surface area contributed by atoms with E-state index in [1.165, 1.54) is 0 Å². The fourth-order valence-corrected chi connectivity index (χ4v) is 2.84. The third kappa shape index (κ3) is 3.91. The number of oxazole rings is 1. The second-order valence-corrected chi connectivity index (χ2v) is 5.79. The zero-order valence-electron chi connectivity index (χ0n) is 14.3. The molecule has 0 saturated heterocycles. The maximum absolute atomic E-state index is 12.2. The monoisotopic (exact) mass is 339 g/mol. The third-order valence-electron chi connectivity index (χ3n) is 4.13. The Hall–Kier alpha value is -3.02. The minimum absolute atomic E-state index is 0.110. The summed E-state index contributed by atoms with van der Waals surface area (Å²) in [5, 5.41) is 2.89. The third-order valence-corrected chi connectivity index (χ3v) is 4.13. The van der Waals surface area contributed by atoms with Crippen molar-refractivity contribution in [2.24, 2.45) is 0 Å². The van der Waals surface area contributed by atoms with E-state index in [1.807, 2.05) is 24.3 Å². The maximum Gasteiger partial charge on any atom is 0.417 e. The minimum Gasteiger partial charge on any atom is -0.408 e. The maximum atomic E-state index is 12.2. The van der Waals surface area contributed by atoms with Crippen LogP contribution in [0.1, 0.15) is 19.4 Å². The number of nitrogens with one attached hydrogen (secondary N) is 2. The van der Waals surface area contributed by atoms with Gasteiger partial charge in [-0.05, 0) is 55.8 Å². The van der Waals surface area contributed by atoms with Crippen LogP contribution in [0.3, 0.4) is 0 Å². The average Bonchev–Trinajstić information content (AvgIpc) is 2.96. The zero-order chi connectivity index (χ0) is 17.8. The molecule has 3 rings (SSSR count). The van der Waals surface area contributed by atoms with Crippen LogP contribution >= 0.6 is 0 Å². The second kappa shape index (κ2) is 7.25. The van der Waals surface area contributed by atoms with Crippen molar-refractivity contribution in [1.82, 2.24) is 4.98 Å². The normalized spacial score (nSPS) is 10.8. The number of H-pyrrole nitrogens is 1. The number of amides is 1. The van der Waals surface area contributed by atoms with Crippen LogP contribution in [-0.4, -0.2) is 24.0 Å². The Morgan fingerprint density at radius 3 is 2.52 bits per heavy atom. The standard InChI is InChI=1S/C19H21N3O3/c1-3-22(4-2)15-8-6-14(7-9-15)20-18(23)12-13-5-10-17-16(11-13)21-19(24)25-17/h5-11H,3-4,12H2,1-2H3,(H,20,23)(H,21,24). The Bertz CT molecular complexity index is 921. The lowest BCUT2D eigenvalue weighted by molar-refractivity contribution is -0.115. The first-order chi connectivity index (χ1) is 12.1. The number of hydrogen-bond acceptors (Lipinski definition) is 4. The number of carbonyl (C=O) groups is 1. The molecule has 0 atom stereocenters. The summed E-state index contributed by atoms with van der Waals surface area (Å²) in [4.78, 5) is 28.2. The molecule has 1 heterocycles. The molecular weight excluding hydrogens is 318 g/mol. The Morgan fingerprint density at radius 1 is 1.12 bits per heavy atom. The molecule has 0 spiro atoms. The lowest BCUT2D eigenvalue weighted by atomic mass is 10.1. The molecule has 1 aromatic heterocycles. The number of aromatic nitrogens is 1. The molecule has 3 aromatic rings. The summed E-state index contributed by atoms with van der Waals surface area (Å²) >= 11 is 0. The lowest BCUT2D eigenvalue weighted by Gasteiger charge is -2.21. The second-order valence-electron chi connectivity index (χ2n) is 5.79. The van der Waals surface area contributed by atoms with Gasteiger partial charge in [0.2, 0.25) is 5.91 Å². The number of carbonyl (C=O) groups excluding carboxylic acids is 1. The van der Waals surface area contributed by atoms with E-state index in [2.05, 4.69) is 29.0 Å². The van der Waals surface area contributed by atoms with E-state index in [-0.39, 0.29) is 12.3 Å². The number of fused-ring (bicyclic) bond motifs is 1. The van der Waals surface area contributed by atoms with Crippen LogP contribution in [0.2, 0.25) is 0 Å². The Labute approximate surface area is 145 Å². The Morgan fingerprint density at radius 2 is 1.84 bits per heavy atom. The van der Waals surface area contributed by atoms with E-state index in [9.17, 15) is 9.59 Å². The van der Waals surface area contributed by atoms with Crippen LogP contribution in [0, 0.1) is 0 Å². The molecular formula is C19H21N3O3. The molecule has 0 aliphatic carbocycles. The van der Waals surface area contributed by atoms with E-state index in [0.717, 1.165) is 30.0 Å². The number of nitrogens with zero attached hydrogens (tertiary/aromatic N) is 1. The van der Waals surface area contributed by atoms with Crippen molar-refractivity contribution in [2.75, 3.05) is 23.3 Å². The Kier molecular flexibility index (Phi) is 4.88. The molecule has 130 valence electrons. The highest BCUT2D eigenvalue weighted by Gasteiger charge is 2.08. The molecule has 2 N–H and O–H groups in total. The number of anilines is 2. The fourth-order valence-electron chi connectivity index (χ4n) is 2.84. The lowest BCUT2D eigenvalue weighted by Crippen LogP contribution is -2.21. The molecule has 0 unspecified atom stereocenters. The first-order valence-electron chi connectivity index (χ1n) is 8.35. The molecule has 6 nitrogen and oxygen atoms in total. The summed E-state index contributed by atoms with van der Waals surface area (Å²) in [5.74, 6) is -0.606. The molecule has 1 amide bonds. The summed E-state index contributed by atoms with van der Waals surface area (Å²) in [6.45, 7) is 6.12. The highest BCUT2D eigenvalue weighted by atomic mass is 16.4. The molecule has 0 bridgehead atoms. The predicted molar refractivity (Wildman–Crippen MR) is 99.2 cm³/mol. The molecule has 0 radical (unpaired) electrons. The molecule has 0 saturated carbocycles. The van der Waals surface area contributed by atoms with Crippen LogP contribution in [0.15, 0.2) is 51.7 Å². The van der Waals surface area contributed by atoms with Gasteiger partial charge in [0.05, 0.1) is 11.9 Å². The number of aromatic amines is 1. The van der Waals surface area contributed by atoms with Crippen molar-refractivity contribution in [3.05, 3.63) is 58.6 Å². The zero-order valence-corrected chi connectivity index (χ0v) is 14.3. The van der Waals surface area contributed by atoms with Gasteiger partial charge >= 0.3 is 5.76 Å². The van der Waals surface area contributed by atoms with Crippen LogP contribution in [-0.2, 0) is 11.2 Å². The van der Waals surface area contributed by atoms with Crippen molar-refractivity contribution in [2.45, 2.75) is 20.3 Å². The van der Waals surface area contributed by atoms with Crippen LogP contribution in [0.4, 0.5) is 11.4 Å². The SMILES string of the molecule is CCN(CC)c1ccc(NC(=O)Cc2ccc3oc(=O)[nH]c3c2)cc1. The van der Waals surface area contributed by atoms with Crippen LogP contribution in [0.5, 0.6) is 0 Å². The van der Waals surface area contributed by atoms with Crippen molar-refractivity contribution in [3.63, 3.8) is 0 Å². The van der Waals surface area contributed by atoms with Gasteiger partial charge in [0.25, 0.3) is 0 Å². The van der Waals surface area contributed by atoms with Gasteiger partial charge in [-0.2, -0.15) is 0 Å². The van der Waals surface area contributed by atoms with E-state index >= 15 is 0 Å². The summed E-state index contributed by atoms with van der Waals surface area (Å²) in [6.07, 6.45) is 0.223. The van der Waals surface area contributed by atoms with E-state index in [1.54, 1.807) is 18.2 Å². The topological polar surface area (TPSA) is 78.3 Å². The van der Waals surface area contributed by atoms with Gasteiger partial charge in [-0.15, -0.1) is 0 Å². The number of rotatable bonds is 6. The van der Waals surface area contributed by atoms with Crippen LogP contribution in [0.25, 0.3) is 11.1 Å². The fraction of sp³-hybridized carbons (Fsp3) is 0.263. The summed E-state index contributed by atoms with van der Waals surface area (Å²) < 4.78 is 4.96. The van der Waals surface area contributed by atoms with E-state index in [0.29, 0.717) is 11.1 Å². The molecule has 25 heavy (non-hydrogen) atoms. The number of hydrogen-bond donors (Lipinski definition) is 2. The largest absolute Gasteiger partial charge is 0.417 e. The highest BCUT2D eigenvalue weighted by Crippen LogP contribution is 2.18. The van der Waals surface area contributed by atoms with Gasteiger partial charge in [-0.1, -0.05) is 6.07 Å². The van der Waals surface area contributed by atoms with Gasteiger partial charge in [0.15, 0.2) is 5.58 Å². The van der Waals surface area contributed by atoms with Crippen molar-refractivity contribution >= 4 is 28.4 Å². The van der Waals surface area contributed by atoms with E-state index < -0.39 is 5.76 Å². The first-order valence-corrected chi connectivity index (χ1v) is 8.35. The molecule has 0 aliphatic rings. The van der Waals surface area contributed by atoms with Crippen LogP contribution < -0.4 is 16.0 Å². The van der Waals surface area contributed by atoms with Crippen molar-refractivity contribution in [1.29, 1.82) is 0 Å². The van der Waals surface area contributed by atoms with Crippen molar-refractivity contribution < 1.29 is 9.21 Å². The highest BCUT2D eigenvalue weighted by molar-refractivity contribution is 5.93. The van der Waals surface area contributed by atoms with Gasteiger partial charge in [0, 0.05) is 24.5 Å². The Balaban J connectivity index is 1.66. The number of benzene rings is 2. The summed E-state index contributed by atoms with van der Waals surface area (Å²) in [5.41, 5.74) is 3.79. The first kappa shape index (κ1) is 16.8. The smallest absolute Gasteiger partial charge is 0.408 e. The average molecular weight is 339 g/mol. The van der Waals surface area contributed by atoms with Gasteiger partial charge in [-0.25, -0.2) is 4.79 Å². The molecule has 0 aliphatic heterocycles.